The molecular formula is C67H93BrClN7O15. The minimum atomic E-state index is -1.90. The molecule has 4 aliphatic rings. The number of alkyl carbamates (subject to hydrolysis) is 1. The van der Waals surface area contributed by atoms with Crippen molar-refractivity contribution in [1.29, 1.82) is 0 Å². The molecule has 22 nitrogen and oxygen atoms in total. The number of methoxy groups -OCH3 is 1. The fraction of sp³-hybridized carbons (Fsp3) is 0.597. The summed E-state index contributed by atoms with van der Waals surface area (Å²) in [6, 6.07) is 5.61. The predicted molar refractivity (Wildman–Crippen MR) is 349 cm³/mol. The number of likely N-dealkylation sites (N-methyl/N-ethyl adjacent to an activating group) is 1. The number of ether oxygens (including phenoxy) is 5. The van der Waals surface area contributed by atoms with Gasteiger partial charge < -0.3 is 59.9 Å². The summed E-state index contributed by atoms with van der Waals surface area (Å²) in [6.45, 7) is 17.9. The van der Waals surface area contributed by atoms with Crippen LogP contribution < -0.4 is 31.5 Å². The van der Waals surface area contributed by atoms with E-state index < -0.39 is 102 Å². The number of ketones is 3. The first-order valence-corrected chi connectivity index (χ1v) is 32.9. The Kier molecular flexibility index (Phi) is 27.0. The van der Waals surface area contributed by atoms with Crippen LogP contribution in [0, 0.1) is 24.7 Å². The normalized spacial score (nSPS) is 24.6. The molecule has 4 bridgehead atoms. The number of Topliss-reactive ketones (excluding diaryl/α,β-unsaturated/α-hetero) is 3. The number of halogens is 2. The van der Waals surface area contributed by atoms with E-state index in [4.69, 9.17) is 41.0 Å². The van der Waals surface area contributed by atoms with Gasteiger partial charge in [0.25, 0.3) is 5.91 Å². The van der Waals surface area contributed by atoms with Gasteiger partial charge in [0.2, 0.25) is 11.8 Å². The number of nitrogens with two attached hydrogens (primary N) is 1. The van der Waals surface area contributed by atoms with Crippen LogP contribution in [-0.4, -0.2) is 170 Å². The van der Waals surface area contributed by atoms with Crippen molar-refractivity contribution in [1.82, 2.24) is 20.9 Å². The third-order valence-electron chi connectivity index (χ3n) is 17.9. The quantitative estimate of drug-likeness (QED) is 0.0186. The van der Waals surface area contributed by atoms with E-state index in [2.05, 4.69) is 38.5 Å². The lowest BCUT2D eigenvalue weighted by Gasteiger charge is -2.42. The van der Waals surface area contributed by atoms with E-state index in [1.54, 1.807) is 51.2 Å². The number of unbranched alkanes of at least 4 members (excludes halogenated alkanes) is 3. The topological polar surface area (TPSA) is 295 Å². The van der Waals surface area contributed by atoms with Crippen LogP contribution in [-0.2, 0) is 65.3 Å². The largest absolute Gasteiger partial charge is 0.457 e. The first-order valence-electron chi connectivity index (χ1n) is 31.4. The van der Waals surface area contributed by atoms with Crippen molar-refractivity contribution in [3.63, 3.8) is 0 Å². The number of primary amides is 1. The van der Waals surface area contributed by atoms with Crippen molar-refractivity contribution >= 4 is 92.1 Å². The lowest BCUT2D eigenvalue weighted by atomic mass is 9.83. The summed E-state index contributed by atoms with van der Waals surface area (Å²) in [6.07, 6.45) is 4.08. The number of urea groups is 1. The number of nitrogens with one attached hydrogen (secondary N) is 3. The van der Waals surface area contributed by atoms with Gasteiger partial charge in [-0.15, -0.1) is 0 Å². The number of benzene rings is 2. The summed E-state index contributed by atoms with van der Waals surface area (Å²) in [5.41, 5.74) is 6.85. The molecule has 0 spiro atoms. The van der Waals surface area contributed by atoms with Crippen LogP contribution in [0.4, 0.5) is 21.0 Å². The van der Waals surface area contributed by atoms with Gasteiger partial charge in [-0.3, -0.25) is 34.1 Å². The summed E-state index contributed by atoms with van der Waals surface area (Å²) in [5, 5.41) is 20.8. The van der Waals surface area contributed by atoms with Gasteiger partial charge in [0, 0.05) is 101 Å². The minimum Gasteiger partial charge on any atom is -0.457 e. The molecule has 0 aliphatic carbocycles. The van der Waals surface area contributed by atoms with Crippen LogP contribution in [0.1, 0.15) is 139 Å². The first kappa shape index (κ1) is 73.6. The molecule has 500 valence electrons. The van der Waals surface area contributed by atoms with E-state index in [1.165, 1.54) is 30.9 Å². The number of hydrogen-bond acceptors (Lipinski definition) is 16. The van der Waals surface area contributed by atoms with Gasteiger partial charge in [-0.1, -0.05) is 104 Å². The number of carbonyl (C=O) groups is 9. The Morgan fingerprint density at radius 1 is 1.00 bits per heavy atom. The van der Waals surface area contributed by atoms with Crippen molar-refractivity contribution in [2.45, 2.75) is 180 Å². The van der Waals surface area contributed by atoms with E-state index in [0.717, 1.165) is 29.5 Å². The fourth-order valence-corrected chi connectivity index (χ4v) is 12.5. The number of alkyl halides is 1. The number of rotatable bonds is 27. The smallest absolute Gasteiger partial charge is 0.409 e. The van der Waals surface area contributed by atoms with Crippen molar-refractivity contribution < 1.29 is 71.9 Å². The summed E-state index contributed by atoms with van der Waals surface area (Å²) in [4.78, 5) is 128. The van der Waals surface area contributed by atoms with E-state index >= 15 is 0 Å². The third kappa shape index (κ3) is 19.8. The van der Waals surface area contributed by atoms with Crippen LogP contribution >= 0.6 is 27.5 Å². The van der Waals surface area contributed by atoms with Gasteiger partial charge in [0.05, 0.1) is 42.5 Å². The molecule has 91 heavy (non-hydrogen) atoms. The van der Waals surface area contributed by atoms with E-state index in [0.29, 0.717) is 84.9 Å². The Hall–Kier alpha value is -6.50. The second-order valence-electron chi connectivity index (χ2n) is 25.2. The number of amides is 6. The van der Waals surface area contributed by atoms with Crippen LogP contribution in [0.2, 0.25) is 5.02 Å². The molecule has 10 atom stereocenters. The minimum absolute atomic E-state index is 0.0145. The van der Waals surface area contributed by atoms with Gasteiger partial charge >= 0.3 is 18.1 Å². The molecule has 3 fully saturated rings. The fourth-order valence-electron chi connectivity index (χ4n) is 12.0. The maximum Gasteiger partial charge on any atom is 0.409 e. The molecule has 2 aromatic rings. The van der Waals surface area contributed by atoms with Crippen LogP contribution in [0.3, 0.4) is 0 Å². The number of anilines is 2. The molecule has 6 amide bonds. The molecule has 4 heterocycles. The maximum atomic E-state index is 14.7. The number of allylic oxidation sites excluding steroid dienone is 4. The second kappa shape index (κ2) is 33.4. The molecule has 0 radical (unpaired) electrons. The lowest BCUT2D eigenvalue weighted by Crippen LogP contribution is -2.63. The highest BCUT2D eigenvalue weighted by molar-refractivity contribution is 9.09. The molecule has 24 heteroatoms. The van der Waals surface area contributed by atoms with Gasteiger partial charge in [-0.05, 0) is 106 Å². The first-order chi connectivity index (χ1) is 43.0. The molecule has 0 unspecified atom stereocenters. The monoisotopic (exact) mass is 1350 g/mol. The summed E-state index contributed by atoms with van der Waals surface area (Å²) in [5.74, 6) is -4.38. The van der Waals surface area contributed by atoms with Crippen LogP contribution in [0.5, 0.6) is 0 Å². The molecular weight excluding hydrogens is 1260 g/mol. The summed E-state index contributed by atoms with van der Waals surface area (Å²) >= 11 is 10.2. The second-order valence-corrected chi connectivity index (χ2v) is 26.1. The molecule has 6 N–H and O–H groups in total. The Morgan fingerprint density at radius 3 is 2.35 bits per heavy atom. The van der Waals surface area contributed by atoms with E-state index in [-0.39, 0.29) is 73.9 Å². The van der Waals surface area contributed by atoms with Crippen molar-refractivity contribution in [3.05, 3.63) is 93.6 Å². The van der Waals surface area contributed by atoms with Crippen molar-refractivity contribution in [3.8, 4) is 0 Å². The Balaban J connectivity index is 1.22. The number of carbonyl (C=O) groups excluding carboxylic acids is 9. The van der Waals surface area contributed by atoms with Crippen molar-refractivity contribution in [2.75, 3.05) is 69.2 Å². The number of aliphatic hydroxyl groups is 1. The zero-order valence-electron chi connectivity index (χ0n) is 54.3. The third-order valence-corrected chi connectivity index (χ3v) is 19.1. The number of morpholine rings is 1. The Bertz CT molecular complexity index is 3080. The molecule has 6 rings (SSSR count). The SMILES string of the molecule is C=C(CBr)C(=O)CCCCCCC(=O)C[C@H](C(=O)N[C@@H](CCCNC(N)=O)C(=O)Cc1ccc(C(=O)N(C)[C@@H](C)C(=O)O[C@H]2CC(=O)N(C)c3cc(cc(C)c3Cl)C/C(C)=C/C=C/[C@@H](OC)[C@@]3(O)C[C@H](OC(=O)N3)[C@@H](C)[C@@H]3O[C@@]23C)cc1N1CCOCC1)C(C)C. The van der Waals surface area contributed by atoms with Crippen LogP contribution in [0.25, 0.3) is 0 Å². The van der Waals surface area contributed by atoms with Gasteiger partial charge in [-0.25, -0.2) is 14.4 Å². The number of epoxide rings is 1. The number of hydrogen-bond donors (Lipinski definition) is 5. The number of esters is 1. The van der Waals surface area contributed by atoms with Crippen LogP contribution in [0.15, 0.2) is 66.3 Å². The molecule has 0 saturated carbocycles. The van der Waals surface area contributed by atoms with Gasteiger partial charge in [0.15, 0.2) is 17.3 Å². The summed E-state index contributed by atoms with van der Waals surface area (Å²) in [7, 11) is 4.45. The highest BCUT2D eigenvalue weighted by Crippen LogP contribution is 2.49. The average molecular weight is 1350 g/mol. The Morgan fingerprint density at radius 2 is 1.69 bits per heavy atom. The predicted octanol–water partition coefficient (Wildman–Crippen LogP) is 8.10. The van der Waals surface area contributed by atoms with Crippen molar-refractivity contribution in [2.24, 2.45) is 23.5 Å². The zero-order chi connectivity index (χ0) is 67.1. The number of fused-ring (bicyclic) bond motifs is 5. The summed E-state index contributed by atoms with van der Waals surface area (Å²) < 4.78 is 29.9. The lowest BCUT2D eigenvalue weighted by molar-refractivity contribution is -0.158. The average Bonchev–Trinajstić information content (AvgIpc) is 1.57. The highest BCUT2D eigenvalue weighted by Gasteiger charge is 2.64. The van der Waals surface area contributed by atoms with Gasteiger partial charge in [-0.2, -0.15) is 0 Å². The van der Waals surface area contributed by atoms with E-state index in [1.807, 2.05) is 50.8 Å². The maximum absolute atomic E-state index is 14.7. The van der Waals surface area contributed by atoms with Gasteiger partial charge in [0.1, 0.15) is 35.7 Å². The Labute approximate surface area is 548 Å². The zero-order valence-corrected chi connectivity index (χ0v) is 56.6. The molecule has 3 saturated heterocycles. The molecule has 4 aliphatic heterocycles. The van der Waals surface area contributed by atoms with E-state index in [9.17, 15) is 48.3 Å². The highest BCUT2D eigenvalue weighted by atomic mass is 79.9. The molecule has 0 aromatic heterocycles. The number of nitrogens with zero attached hydrogens (tertiary/aromatic N) is 3. The number of aryl methyl sites for hydroxylation is 1. The molecule has 2 aromatic carbocycles. The standard InChI is InChI=1S/C67H93BrClN7O15/c1-39(2)49(35-48(77)19-14-12-13-15-21-53(78)42(5)38-68)61(81)72-50(20-17-25-71-64(70)84)54(79)34-46-23-24-47(33-51(46)76-26-28-88-29-27-76)62(82)74(9)44(7)63(83)90-57-36-58(80)75(10)52-32-45(31-41(4)59(52)69)30-40(3)18-16-22-56(87-11)67(86)37-55(89-65(85)73-67)43(6)60-66(57,8)91-60/h16,18,22-24,31-33,39,43-44,49-50,55-57,60,86H,5,12-15,17,19-21,25-30,34-38H2,1-4,6-11H3,(H,72,81)(H,73,85)(H3,70,71,84)/b22-16+,40-18+/t43-,44+,49+,50+,55+,56-,57+,60+,66+,67+/m1/s1.